The van der Waals surface area contributed by atoms with Crippen molar-refractivity contribution < 1.29 is 18.0 Å². The average Bonchev–Trinajstić information content (AvgIpc) is 2.80. The number of carbonyl (C=O) groups excluding carboxylic acids is 1. The molecule has 0 aliphatic carbocycles. The number of H-pyrrole nitrogens is 2. The summed E-state index contributed by atoms with van der Waals surface area (Å²) >= 11 is 5.70. The monoisotopic (exact) mass is 332 g/mol. The minimum absolute atomic E-state index is 0.170. The molecule has 1 heterocycles. The predicted octanol–water partition coefficient (Wildman–Crippen LogP) is 2.14. The quantitative estimate of drug-likeness (QED) is 0.593. The molecule has 0 spiro atoms. The Bertz CT molecular complexity index is 779. The number of nitrogens with zero attached hydrogens (tertiary/aromatic N) is 1. The van der Waals surface area contributed by atoms with Crippen LogP contribution in [-0.2, 0) is 6.18 Å². The molecule has 0 aliphatic heterocycles. The van der Waals surface area contributed by atoms with E-state index in [0.29, 0.717) is 11.2 Å². The summed E-state index contributed by atoms with van der Waals surface area (Å²) in [7, 11) is 0. The van der Waals surface area contributed by atoms with Crippen LogP contribution < -0.4 is 11.0 Å². The summed E-state index contributed by atoms with van der Waals surface area (Å²) in [5, 5.41) is 7.17. The van der Waals surface area contributed by atoms with Gasteiger partial charge in [-0.1, -0.05) is 17.7 Å². The first-order chi connectivity index (χ1) is 10.3. The highest BCUT2D eigenvalue weighted by Crippen LogP contribution is 2.28. The summed E-state index contributed by atoms with van der Waals surface area (Å²) in [6.07, 6.45) is -4.14. The van der Waals surface area contributed by atoms with Crippen molar-refractivity contribution in [3.63, 3.8) is 0 Å². The molecule has 10 heteroatoms. The predicted molar refractivity (Wildman–Crippen MR) is 72.9 cm³/mol. The van der Waals surface area contributed by atoms with Gasteiger partial charge in [0.2, 0.25) is 0 Å². The maximum atomic E-state index is 12.6. The number of carbonyl (C=O) groups is 1. The van der Waals surface area contributed by atoms with Crippen LogP contribution in [0.2, 0.25) is 5.02 Å². The van der Waals surface area contributed by atoms with Gasteiger partial charge in [0, 0.05) is 10.6 Å². The number of amides is 1. The lowest BCUT2D eigenvalue weighted by molar-refractivity contribution is -0.141. The Hall–Kier alpha value is -2.55. The molecule has 2 aromatic rings. The van der Waals surface area contributed by atoms with Gasteiger partial charge in [-0.05, 0) is 18.2 Å². The normalized spacial score (nSPS) is 11.8. The van der Waals surface area contributed by atoms with Gasteiger partial charge in [0.05, 0.1) is 11.8 Å². The third-order valence-electron chi connectivity index (χ3n) is 2.55. The lowest BCUT2D eigenvalue weighted by Gasteiger charge is -2.03. The molecule has 0 radical (unpaired) electrons. The topological polar surface area (TPSA) is 90.1 Å². The Kier molecular flexibility index (Phi) is 4.36. The molecule has 22 heavy (non-hydrogen) atoms. The van der Waals surface area contributed by atoms with Gasteiger partial charge in [-0.2, -0.15) is 18.3 Å². The van der Waals surface area contributed by atoms with E-state index in [9.17, 15) is 22.8 Å². The first kappa shape index (κ1) is 15.8. The van der Waals surface area contributed by atoms with E-state index in [-0.39, 0.29) is 5.56 Å². The van der Waals surface area contributed by atoms with E-state index in [4.69, 9.17) is 11.6 Å². The minimum Gasteiger partial charge on any atom is -0.293 e. The standard InChI is InChI=1S/C12H8ClF3N4O2/c13-7-3-1-2-6(4-7)10(21)19-17-5-8-9(12(14,15)16)18-20-11(8)22/h1-5H,(H,19,21)(H2,18,20,22)/b17-5+. The fourth-order valence-electron chi connectivity index (χ4n) is 1.56. The summed E-state index contributed by atoms with van der Waals surface area (Å²) < 4.78 is 37.8. The zero-order valence-corrected chi connectivity index (χ0v) is 11.4. The Morgan fingerprint density at radius 3 is 2.68 bits per heavy atom. The van der Waals surface area contributed by atoms with Crippen LogP contribution in [0, 0.1) is 0 Å². The van der Waals surface area contributed by atoms with Crippen molar-refractivity contribution >= 4 is 23.7 Å². The molecule has 1 amide bonds. The highest BCUT2D eigenvalue weighted by Gasteiger charge is 2.36. The summed E-state index contributed by atoms with van der Waals surface area (Å²) in [5.74, 6) is -0.681. The maximum absolute atomic E-state index is 12.6. The summed E-state index contributed by atoms with van der Waals surface area (Å²) in [4.78, 5) is 23.0. The van der Waals surface area contributed by atoms with Crippen LogP contribution in [0.1, 0.15) is 21.6 Å². The smallest absolute Gasteiger partial charge is 0.293 e. The highest BCUT2D eigenvalue weighted by molar-refractivity contribution is 6.30. The maximum Gasteiger partial charge on any atom is 0.433 e. The van der Waals surface area contributed by atoms with Crippen LogP contribution in [0.3, 0.4) is 0 Å². The van der Waals surface area contributed by atoms with Gasteiger partial charge in [-0.25, -0.2) is 5.43 Å². The third-order valence-corrected chi connectivity index (χ3v) is 2.78. The zero-order chi connectivity index (χ0) is 16.3. The summed E-state index contributed by atoms with van der Waals surface area (Å²) in [6, 6.07) is 5.88. The molecule has 1 aromatic carbocycles. The van der Waals surface area contributed by atoms with Crippen molar-refractivity contribution in [2.24, 2.45) is 5.10 Å². The Morgan fingerprint density at radius 1 is 1.32 bits per heavy atom. The van der Waals surface area contributed by atoms with E-state index in [1.165, 1.54) is 18.2 Å². The van der Waals surface area contributed by atoms with Crippen LogP contribution in [0.25, 0.3) is 0 Å². The number of nitrogens with one attached hydrogen (secondary N) is 3. The second kappa shape index (κ2) is 6.06. The van der Waals surface area contributed by atoms with Crippen LogP contribution in [0.4, 0.5) is 13.2 Å². The number of hydrogen-bond donors (Lipinski definition) is 3. The molecule has 0 fully saturated rings. The van der Waals surface area contributed by atoms with Crippen molar-refractivity contribution in [1.82, 2.24) is 15.6 Å². The minimum atomic E-state index is -4.75. The molecule has 116 valence electrons. The number of aromatic nitrogens is 2. The molecule has 0 unspecified atom stereocenters. The van der Waals surface area contributed by atoms with Crippen LogP contribution in [0.5, 0.6) is 0 Å². The van der Waals surface area contributed by atoms with Gasteiger partial charge in [0.25, 0.3) is 11.5 Å². The van der Waals surface area contributed by atoms with Crippen molar-refractivity contribution in [3.05, 3.63) is 56.5 Å². The van der Waals surface area contributed by atoms with E-state index in [2.05, 4.69) is 5.10 Å². The van der Waals surface area contributed by atoms with Crippen LogP contribution in [0.15, 0.2) is 34.2 Å². The van der Waals surface area contributed by atoms with Crippen LogP contribution in [-0.4, -0.2) is 22.3 Å². The number of benzene rings is 1. The van der Waals surface area contributed by atoms with Gasteiger partial charge in [0.15, 0.2) is 5.69 Å². The Morgan fingerprint density at radius 2 is 2.05 bits per heavy atom. The number of aromatic amines is 2. The van der Waals surface area contributed by atoms with Gasteiger partial charge in [-0.3, -0.25) is 19.8 Å². The number of rotatable bonds is 3. The van der Waals surface area contributed by atoms with E-state index >= 15 is 0 Å². The van der Waals surface area contributed by atoms with Crippen LogP contribution >= 0.6 is 11.6 Å². The molecule has 2 rings (SSSR count). The van der Waals surface area contributed by atoms with Crippen molar-refractivity contribution in [2.45, 2.75) is 6.18 Å². The summed E-state index contributed by atoms with van der Waals surface area (Å²) in [6.45, 7) is 0. The fourth-order valence-corrected chi connectivity index (χ4v) is 1.75. The molecule has 6 nitrogen and oxygen atoms in total. The molecule has 3 N–H and O–H groups in total. The lowest BCUT2D eigenvalue weighted by atomic mass is 10.2. The van der Waals surface area contributed by atoms with Gasteiger partial charge >= 0.3 is 6.18 Å². The Balaban J connectivity index is 2.15. The fraction of sp³-hybridized carbons (Fsp3) is 0.0833. The third kappa shape index (κ3) is 3.55. The Labute approximate surface area is 126 Å². The molecule has 0 saturated carbocycles. The molecule has 0 saturated heterocycles. The number of halogens is 4. The molecular formula is C12H8ClF3N4O2. The molecule has 0 aliphatic rings. The lowest BCUT2D eigenvalue weighted by Crippen LogP contribution is -2.19. The number of alkyl halides is 3. The largest absolute Gasteiger partial charge is 0.433 e. The van der Waals surface area contributed by atoms with Crippen molar-refractivity contribution in [3.8, 4) is 0 Å². The van der Waals surface area contributed by atoms with E-state index < -0.39 is 28.9 Å². The van der Waals surface area contributed by atoms with Crippen molar-refractivity contribution in [2.75, 3.05) is 0 Å². The highest BCUT2D eigenvalue weighted by atomic mass is 35.5. The number of hydrogen-bond acceptors (Lipinski definition) is 3. The first-order valence-corrected chi connectivity index (χ1v) is 6.13. The second-order valence-electron chi connectivity index (χ2n) is 4.08. The van der Waals surface area contributed by atoms with Gasteiger partial charge in [0.1, 0.15) is 0 Å². The van der Waals surface area contributed by atoms with E-state index in [1.54, 1.807) is 16.3 Å². The van der Waals surface area contributed by atoms with Gasteiger partial charge < -0.3 is 0 Å². The van der Waals surface area contributed by atoms with Gasteiger partial charge in [-0.15, -0.1) is 0 Å². The first-order valence-electron chi connectivity index (χ1n) is 5.76. The molecular weight excluding hydrogens is 325 g/mol. The molecule has 0 bridgehead atoms. The second-order valence-corrected chi connectivity index (χ2v) is 4.51. The molecule has 1 aromatic heterocycles. The number of hydrazone groups is 1. The zero-order valence-electron chi connectivity index (χ0n) is 10.7. The van der Waals surface area contributed by atoms with Crippen molar-refractivity contribution in [1.29, 1.82) is 0 Å². The summed E-state index contributed by atoms with van der Waals surface area (Å²) in [5.41, 5.74) is -0.845. The SMILES string of the molecule is O=C(N/N=C/c1c(C(F)(F)F)[nH][nH]c1=O)c1cccc(Cl)c1. The average molecular weight is 333 g/mol. The van der Waals surface area contributed by atoms with E-state index in [1.807, 2.05) is 5.43 Å². The van der Waals surface area contributed by atoms with E-state index in [0.717, 1.165) is 0 Å². The molecule has 0 atom stereocenters.